The lowest BCUT2D eigenvalue weighted by Crippen LogP contribution is -2.07. The molecule has 2 aromatic rings. The van der Waals surface area contributed by atoms with Crippen LogP contribution in [0.4, 0.5) is 10.9 Å². The van der Waals surface area contributed by atoms with Gasteiger partial charge in [-0.2, -0.15) is 10.4 Å². The molecular formula is C15H17N5S. The van der Waals surface area contributed by atoms with E-state index >= 15 is 0 Å². The molecule has 1 N–H and O–H groups in total. The van der Waals surface area contributed by atoms with Crippen molar-refractivity contribution in [1.82, 2.24) is 15.2 Å². The van der Waals surface area contributed by atoms with Crippen molar-refractivity contribution in [2.45, 2.75) is 46.0 Å². The van der Waals surface area contributed by atoms with Gasteiger partial charge in [0.15, 0.2) is 10.9 Å². The minimum atomic E-state index is 0.527. The van der Waals surface area contributed by atoms with Gasteiger partial charge in [-0.3, -0.25) is 0 Å². The van der Waals surface area contributed by atoms with E-state index < -0.39 is 0 Å². The zero-order valence-corrected chi connectivity index (χ0v) is 13.0. The summed E-state index contributed by atoms with van der Waals surface area (Å²) < 4.78 is 0. The molecule has 5 nitrogen and oxygen atoms in total. The fourth-order valence-electron chi connectivity index (χ4n) is 2.73. The Balaban J connectivity index is 1.96. The second kappa shape index (κ2) is 5.78. The molecule has 0 aliphatic heterocycles. The number of fused-ring (bicyclic) bond motifs is 1. The predicted molar refractivity (Wildman–Crippen MR) is 82.9 cm³/mol. The number of anilines is 2. The summed E-state index contributed by atoms with van der Waals surface area (Å²) in [5, 5.41) is 21.9. The lowest BCUT2D eigenvalue weighted by Gasteiger charge is -2.10. The molecular weight excluding hydrogens is 282 g/mol. The van der Waals surface area contributed by atoms with Gasteiger partial charge in [0.2, 0.25) is 0 Å². The smallest absolute Gasteiger partial charge is 0.188 e. The zero-order valence-electron chi connectivity index (χ0n) is 12.2. The van der Waals surface area contributed by atoms with Gasteiger partial charge in [-0.05, 0) is 37.7 Å². The lowest BCUT2D eigenvalue weighted by atomic mass is 10.0. The number of nitrogens with zero attached hydrogens (tertiary/aromatic N) is 4. The first-order chi connectivity index (χ1) is 10.3. The van der Waals surface area contributed by atoms with Crippen LogP contribution in [0, 0.1) is 11.3 Å². The molecule has 3 rings (SSSR count). The van der Waals surface area contributed by atoms with E-state index in [1.165, 1.54) is 17.0 Å². The molecule has 2 heterocycles. The molecule has 0 atom stereocenters. The molecule has 0 bridgehead atoms. The third-order valence-corrected chi connectivity index (χ3v) is 4.85. The topological polar surface area (TPSA) is 74.5 Å². The van der Waals surface area contributed by atoms with Crippen molar-refractivity contribution in [1.29, 1.82) is 5.26 Å². The summed E-state index contributed by atoms with van der Waals surface area (Å²) in [4.78, 5) is 5.94. The summed E-state index contributed by atoms with van der Waals surface area (Å²) in [6.07, 6.45) is 4.93. The van der Waals surface area contributed by atoms with Gasteiger partial charge < -0.3 is 5.32 Å². The SMILES string of the molecule is CCc1nnc(Nc2nc3c(s2)CCC3)c(C#N)c1CC. The van der Waals surface area contributed by atoms with E-state index in [2.05, 4.69) is 26.6 Å². The predicted octanol–water partition coefficient (Wildman–Crippen LogP) is 3.16. The van der Waals surface area contributed by atoms with Crippen molar-refractivity contribution in [2.75, 3.05) is 5.32 Å². The number of hydrogen-bond donors (Lipinski definition) is 1. The van der Waals surface area contributed by atoms with Crippen LogP contribution in [-0.4, -0.2) is 15.2 Å². The van der Waals surface area contributed by atoms with Gasteiger partial charge >= 0.3 is 0 Å². The average molecular weight is 299 g/mol. The van der Waals surface area contributed by atoms with Crippen LogP contribution in [0.2, 0.25) is 0 Å². The standard InChI is InChI=1S/C15H17N5S/c1-3-9-10(8-16)14(20-19-11(9)4-2)18-15-17-12-6-5-7-13(12)21-15/h3-7H2,1-2H3,(H,17,18,20). The Kier molecular flexibility index (Phi) is 3.84. The van der Waals surface area contributed by atoms with Crippen LogP contribution in [0.5, 0.6) is 0 Å². The molecule has 21 heavy (non-hydrogen) atoms. The molecule has 0 saturated heterocycles. The summed E-state index contributed by atoms with van der Waals surface area (Å²) >= 11 is 1.66. The van der Waals surface area contributed by atoms with Crippen molar-refractivity contribution in [2.24, 2.45) is 0 Å². The molecule has 2 aromatic heterocycles. The van der Waals surface area contributed by atoms with Gasteiger partial charge in [0.05, 0.1) is 11.4 Å². The summed E-state index contributed by atoms with van der Waals surface area (Å²) in [6.45, 7) is 4.07. The first-order valence-corrected chi connectivity index (χ1v) is 8.12. The van der Waals surface area contributed by atoms with E-state index in [-0.39, 0.29) is 0 Å². The van der Waals surface area contributed by atoms with E-state index in [0.29, 0.717) is 11.4 Å². The summed E-state index contributed by atoms with van der Waals surface area (Å²) in [7, 11) is 0. The van der Waals surface area contributed by atoms with Gasteiger partial charge in [-0.15, -0.1) is 16.4 Å². The fraction of sp³-hybridized carbons (Fsp3) is 0.467. The molecule has 0 spiro atoms. The molecule has 6 heteroatoms. The molecule has 0 unspecified atom stereocenters. The number of aromatic nitrogens is 3. The van der Waals surface area contributed by atoms with Gasteiger partial charge in [0.1, 0.15) is 11.6 Å². The van der Waals surface area contributed by atoms with Crippen LogP contribution in [0.15, 0.2) is 0 Å². The van der Waals surface area contributed by atoms with Crippen LogP contribution in [0.25, 0.3) is 0 Å². The lowest BCUT2D eigenvalue weighted by molar-refractivity contribution is 0.876. The van der Waals surface area contributed by atoms with Crippen molar-refractivity contribution < 1.29 is 0 Å². The third kappa shape index (κ3) is 2.49. The maximum absolute atomic E-state index is 9.47. The highest BCUT2D eigenvalue weighted by molar-refractivity contribution is 7.15. The molecule has 1 aliphatic carbocycles. The minimum absolute atomic E-state index is 0.527. The minimum Gasteiger partial charge on any atom is -0.314 e. The van der Waals surface area contributed by atoms with E-state index in [1.54, 1.807) is 11.3 Å². The monoisotopic (exact) mass is 299 g/mol. The summed E-state index contributed by atoms with van der Waals surface area (Å²) in [6, 6.07) is 2.27. The number of nitrogens with one attached hydrogen (secondary N) is 1. The van der Waals surface area contributed by atoms with E-state index in [0.717, 1.165) is 42.1 Å². The molecule has 0 amide bonds. The zero-order chi connectivity index (χ0) is 14.8. The molecule has 0 fully saturated rings. The number of nitriles is 1. The fourth-order valence-corrected chi connectivity index (χ4v) is 3.77. The van der Waals surface area contributed by atoms with Crippen LogP contribution in [-0.2, 0) is 25.7 Å². The Bertz CT molecular complexity index is 692. The van der Waals surface area contributed by atoms with Crippen LogP contribution >= 0.6 is 11.3 Å². The normalized spacial score (nSPS) is 13.0. The molecule has 1 aliphatic rings. The van der Waals surface area contributed by atoms with E-state index in [4.69, 9.17) is 0 Å². The van der Waals surface area contributed by atoms with Gasteiger partial charge in [0.25, 0.3) is 0 Å². The van der Waals surface area contributed by atoms with E-state index in [1.807, 2.05) is 13.8 Å². The maximum Gasteiger partial charge on any atom is 0.188 e. The van der Waals surface area contributed by atoms with Crippen molar-refractivity contribution >= 4 is 22.3 Å². The van der Waals surface area contributed by atoms with Crippen molar-refractivity contribution in [3.63, 3.8) is 0 Å². The number of aryl methyl sites for hydroxylation is 3. The molecule has 108 valence electrons. The van der Waals surface area contributed by atoms with Gasteiger partial charge in [-0.1, -0.05) is 13.8 Å². The first-order valence-electron chi connectivity index (χ1n) is 7.30. The number of hydrogen-bond acceptors (Lipinski definition) is 6. The second-order valence-electron chi connectivity index (χ2n) is 5.04. The highest BCUT2D eigenvalue weighted by Gasteiger charge is 2.19. The van der Waals surface area contributed by atoms with Crippen LogP contribution in [0.3, 0.4) is 0 Å². The average Bonchev–Trinajstić information content (AvgIpc) is 3.07. The first kappa shape index (κ1) is 14.0. The van der Waals surface area contributed by atoms with Gasteiger partial charge in [0, 0.05) is 4.88 Å². The highest BCUT2D eigenvalue weighted by Crippen LogP contribution is 2.32. The largest absolute Gasteiger partial charge is 0.314 e. The number of thiazole rings is 1. The highest BCUT2D eigenvalue weighted by atomic mass is 32.1. The Labute approximate surface area is 128 Å². The van der Waals surface area contributed by atoms with Crippen LogP contribution in [0.1, 0.15) is 47.7 Å². The van der Waals surface area contributed by atoms with Crippen LogP contribution < -0.4 is 5.32 Å². The Morgan fingerprint density at radius 1 is 1.24 bits per heavy atom. The molecule has 0 aromatic carbocycles. The quantitative estimate of drug-likeness (QED) is 0.938. The van der Waals surface area contributed by atoms with Crippen molar-refractivity contribution in [3.05, 3.63) is 27.4 Å². The summed E-state index contributed by atoms with van der Waals surface area (Å²) in [5.41, 5.74) is 3.68. The van der Waals surface area contributed by atoms with Crippen molar-refractivity contribution in [3.8, 4) is 6.07 Å². The third-order valence-electron chi connectivity index (χ3n) is 3.78. The maximum atomic E-state index is 9.47. The number of rotatable bonds is 4. The van der Waals surface area contributed by atoms with Gasteiger partial charge in [-0.25, -0.2) is 4.98 Å². The summed E-state index contributed by atoms with van der Waals surface area (Å²) in [5.74, 6) is 0.527. The molecule has 0 saturated carbocycles. The Morgan fingerprint density at radius 2 is 2.10 bits per heavy atom. The second-order valence-corrected chi connectivity index (χ2v) is 6.12. The Morgan fingerprint density at radius 3 is 2.76 bits per heavy atom. The molecule has 0 radical (unpaired) electrons. The Hall–Kier alpha value is -2.00. The van der Waals surface area contributed by atoms with E-state index in [9.17, 15) is 5.26 Å².